The average molecular weight is 174 g/mol. The molecule has 70 valence electrons. The normalized spacial score (nSPS) is 12.4. The predicted octanol–water partition coefficient (Wildman–Crippen LogP) is 1.35. The van der Waals surface area contributed by atoms with Gasteiger partial charge in [-0.2, -0.15) is 0 Å². The molecule has 1 atom stereocenters. The molecule has 0 aromatic rings. The van der Waals surface area contributed by atoms with Crippen molar-refractivity contribution in [2.45, 2.75) is 32.6 Å². The molecular weight excluding hydrogens is 160 g/mol. The van der Waals surface area contributed by atoms with Gasteiger partial charge in [0.2, 0.25) is 0 Å². The van der Waals surface area contributed by atoms with Crippen molar-refractivity contribution in [3.8, 4) is 0 Å². The van der Waals surface area contributed by atoms with Crippen LogP contribution in [-0.4, -0.2) is 22.2 Å². The lowest BCUT2D eigenvalue weighted by atomic mass is 9.99. The standard InChI is InChI=1S/C8H14O4/c1-2-3-4-6(8(11)12)5-7(9)10/h6H,2-5H2,1H3,(H,9,10)(H,11,12)/t6-/m0/s1. The van der Waals surface area contributed by atoms with Crippen molar-refractivity contribution >= 4 is 11.9 Å². The monoisotopic (exact) mass is 174 g/mol. The molecule has 0 unspecified atom stereocenters. The molecule has 2 N–H and O–H groups in total. The van der Waals surface area contributed by atoms with Crippen molar-refractivity contribution in [1.29, 1.82) is 0 Å². The van der Waals surface area contributed by atoms with Gasteiger partial charge in [0, 0.05) is 0 Å². The van der Waals surface area contributed by atoms with Crippen LogP contribution in [0.15, 0.2) is 0 Å². The Kier molecular flexibility index (Phi) is 5.08. The maximum atomic E-state index is 10.5. The molecule has 12 heavy (non-hydrogen) atoms. The lowest BCUT2D eigenvalue weighted by molar-refractivity contribution is -0.148. The summed E-state index contributed by atoms with van der Waals surface area (Å²) in [4.78, 5) is 20.7. The maximum Gasteiger partial charge on any atom is 0.307 e. The van der Waals surface area contributed by atoms with Crippen LogP contribution < -0.4 is 0 Å². The Morgan fingerprint density at radius 1 is 1.33 bits per heavy atom. The summed E-state index contributed by atoms with van der Waals surface area (Å²) in [5, 5.41) is 17.0. The summed E-state index contributed by atoms with van der Waals surface area (Å²) in [5.74, 6) is -2.77. The van der Waals surface area contributed by atoms with Crippen molar-refractivity contribution < 1.29 is 19.8 Å². The third-order valence-corrected chi connectivity index (χ3v) is 1.68. The molecule has 0 fully saturated rings. The van der Waals surface area contributed by atoms with E-state index >= 15 is 0 Å². The third-order valence-electron chi connectivity index (χ3n) is 1.68. The lowest BCUT2D eigenvalue weighted by Crippen LogP contribution is -2.17. The van der Waals surface area contributed by atoms with Crippen LogP contribution >= 0.6 is 0 Å². The fraction of sp³-hybridized carbons (Fsp3) is 0.750. The molecule has 4 nitrogen and oxygen atoms in total. The Bertz CT molecular complexity index is 164. The van der Waals surface area contributed by atoms with E-state index in [1.165, 1.54) is 0 Å². The van der Waals surface area contributed by atoms with E-state index in [1.54, 1.807) is 0 Å². The number of aliphatic carboxylic acids is 2. The van der Waals surface area contributed by atoms with E-state index in [9.17, 15) is 9.59 Å². The number of carboxylic acid groups (broad SMARTS) is 2. The van der Waals surface area contributed by atoms with Crippen LogP contribution in [0.3, 0.4) is 0 Å². The molecule has 0 aliphatic carbocycles. The van der Waals surface area contributed by atoms with Crippen LogP contribution in [0.1, 0.15) is 32.6 Å². The highest BCUT2D eigenvalue weighted by Gasteiger charge is 2.19. The highest BCUT2D eigenvalue weighted by atomic mass is 16.4. The number of hydrogen-bond donors (Lipinski definition) is 2. The molecule has 0 heterocycles. The highest BCUT2D eigenvalue weighted by Crippen LogP contribution is 2.12. The predicted molar refractivity (Wildman–Crippen MR) is 42.9 cm³/mol. The van der Waals surface area contributed by atoms with Crippen LogP contribution in [0.2, 0.25) is 0 Å². The van der Waals surface area contributed by atoms with Gasteiger partial charge < -0.3 is 10.2 Å². The van der Waals surface area contributed by atoms with E-state index in [4.69, 9.17) is 10.2 Å². The fourth-order valence-electron chi connectivity index (χ4n) is 0.974. The minimum absolute atomic E-state index is 0.269. The second kappa shape index (κ2) is 5.57. The van der Waals surface area contributed by atoms with Gasteiger partial charge in [0.05, 0.1) is 12.3 Å². The average Bonchev–Trinajstić information content (AvgIpc) is 1.96. The first kappa shape index (κ1) is 10.9. The highest BCUT2D eigenvalue weighted by molar-refractivity contribution is 5.77. The summed E-state index contributed by atoms with van der Waals surface area (Å²) < 4.78 is 0. The van der Waals surface area contributed by atoms with Crippen molar-refractivity contribution in [2.75, 3.05) is 0 Å². The zero-order valence-electron chi connectivity index (χ0n) is 7.12. The largest absolute Gasteiger partial charge is 0.481 e. The van der Waals surface area contributed by atoms with Gasteiger partial charge in [0.15, 0.2) is 0 Å². The van der Waals surface area contributed by atoms with Crippen molar-refractivity contribution in [2.24, 2.45) is 5.92 Å². The first-order valence-corrected chi connectivity index (χ1v) is 4.02. The van der Waals surface area contributed by atoms with E-state index in [-0.39, 0.29) is 6.42 Å². The number of unbranched alkanes of at least 4 members (excludes halogenated alkanes) is 1. The first-order chi connectivity index (χ1) is 5.57. The Morgan fingerprint density at radius 2 is 1.92 bits per heavy atom. The van der Waals surface area contributed by atoms with Crippen LogP contribution in [0.25, 0.3) is 0 Å². The van der Waals surface area contributed by atoms with Crippen molar-refractivity contribution in [1.82, 2.24) is 0 Å². The van der Waals surface area contributed by atoms with E-state index in [0.717, 1.165) is 12.8 Å². The van der Waals surface area contributed by atoms with E-state index in [0.29, 0.717) is 6.42 Å². The summed E-state index contributed by atoms with van der Waals surface area (Å²) >= 11 is 0. The van der Waals surface area contributed by atoms with E-state index in [2.05, 4.69) is 0 Å². The molecule has 0 rings (SSSR count). The van der Waals surface area contributed by atoms with Gasteiger partial charge in [-0.3, -0.25) is 9.59 Å². The second-order valence-corrected chi connectivity index (χ2v) is 2.78. The zero-order valence-corrected chi connectivity index (χ0v) is 7.12. The molecule has 0 saturated carbocycles. The third kappa shape index (κ3) is 4.71. The smallest absolute Gasteiger partial charge is 0.307 e. The molecule has 4 heteroatoms. The molecule has 0 aliphatic rings. The molecule has 0 spiro atoms. The quantitative estimate of drug-likeness (QED) is 0.637. The minimum atomic E-state index is -1.04. The van der Waals surface area contributed by atoms with Gasteiger partial charge in [-0.15, -0.1) is 0 Å². The topological polar surface area (TPSA) is 74.6 Å². The summed E-state index contributed by atoms with van der Waals surface area (Å²) in [6.07, 6.45) is 1.85. The SMILES string of the molecule is CCCC[C@@H](CC(=O)O)C(=O)O. The minimum Gasteiger partial charge on any atom is -0.481 e. The molecule has 0 aromatic carbocycles. The first-order valence-electron chi connectivity index (χ1n) is 4.02. The molecule has 0 radical (unpaired) electrons. The van der Waals surface area contributed by atoms with Gasteiger partial charge in [-0.05, 0) is 6.42 Å². The number of rotatable bonds is 6. The molecule has 0 amide bonds. The van der Waals surface area contributed by atoms with Crippen LogP contribution in [0, 0.1) is 5.92 Å². The summed E-state index contributed by atoms with van der Waals surface area (Å²) in [6, 6.07) is 0. The maximum absolute atomic E-state index is 10.5. The summed E-state index contributed by atoms with van der Waals surface area (Å²) in [5.41, 5.74) is 0. The second-order valence-electron chi connectivity index (χ2n) is 2.78. The Labute approximate surface area is 71.2 Å². The van der Waals surface area contributed by atoms with Crippen LogP contribution in [0.5, 0.6) is 0 Å². The van der Waals surface area contributed by atoms with Crippen molar-refractivity contribution in [3.63, 3.8) is 0 Å². The Hall–Kier alpha value is -1.06. The van der Waals surface area contributed by atoms with Crippen molar-refractivity contribution in [3.05, 3.63) is 0 Å². The Balaban J connectivity index is 3.87. The van der Waals surface area contributed by atoms with Crippen LogP contribution in [-0.2, 0) is 9.59 Å². The number of hydrogen-bond acceptors (Lipinski definition) is 2. The van der Waals surface area contributed by atoms with Gasteiger partial charge in [0.1, 0.15) is 0 Å². The van der Waals surface area contributed by atoms with E-state index in [1.807, 2.05) is 6.92 Å². The molecule has 0 saturated heterocycles. The Morgan fingerprint density at radius 3 is 2.25 bits per heavy atom. The molecule has 0 aliphatic heterocycles. The van der Waals surface area contributed by atoms with Gasteiger partial charge >= 0.3 is 11.9 Å². The number of carboxylic acids is 2. The molecular formula is C8H14O4. The van der Waals surface area contributed by atoms with Gasteiger partial charge in [-0.1, -0.05) is 19.8 Å². The van der Waals surface area contributed by atoms with Gasteiger partial charge in [0.25, 0.3) is 0 Å². The molecule has 0 bridgehead atoms. The lowest BCUT2D eigenvalue weighted by Gasteiger charge is -2.07. The summed E-state index contributed by atoms with van der Waals surface area (Å²) in [6.45, 7) is 1.94. The molecule has 0 aromatic heterocycles. The number of carbonyl (C=O) groups is 2. The zero-order chi connectivity index (χ0) is 9.56. The van der Waals surface area contributed by atoms with Gasteiger partial charge in [-0.25, -0.2) is 0 Å². The summed E-state index contributed by atoms with van der Waals surface area (Å²) in [7, 11) is 0. The van der Waals surface area contributed by atoms with E-state index < -0.39 is 17.9 Å². The van der Waals surface area contributed by atoms with Crippen LogP contribution in [0.4, 0.5) is 0 Å². The fourth-order valence-corrected chi connectivity index (χ4v) is 0.974.